The van der Waals surface area contributed by atoms with Crippen LogP contribution in [0.25, 0.3) is 10.8 Å². The summed E-state index contributed by atoms with van der Waals surface area (Å²) < 4.78 is 39.7. The summed E-state index contributed by atoms with van der Waals surface area (Å²) in [4.78, 5) is 46.8. The highest BCUT2D eigenvalue weighted by atomic mass is 35.5. The van der Waals surface area contributed by atoms with Crippen molar-refractivity contribution in [1.29, 1.82) is 0 Å². The Morgan fingerprint density at radius 2 is 1.83 bits per heavy atom. The summed E-state index contributed by atoms with van der Waals surface area (Å²) in [5.74, 6) is -0.928. The molecule has 0 spiro atoms. The van der Waals surface area contributed by atoms with Gasteiger partial charge in [0.15, 0.2) is 0 Å². The van der Waals surface area contributed by atoms with Crippen LogP contribution < -0.4 is 10.7 Å². The van der Waals surface area contributed by atoms with Crippen molar-refractivity contribution in [2.75, 3.05) is 31.7 Å². The minimum absolute atomic E-state index is 0.0708. The van der Waals surface area contributed by atoms with E-state index in [0.717, 1.165) is 15.8 Å². The van der Waals surface area contributed by atoms with Gasteiger partial charge >= 0.3 is 13.9 Å². The fourth-order valence-corrected chi connectivity index (χ4v) is 4.14. The molecule has 41 heavy (non-hydrogen) atoms. The zero-order chi connectivity index (χ0) is 30.0. The number of fused-ring (bicyclic) bond motifs is 1. The average molecular weight is 615 g/mol. The molecule has 0 aliphatic carbocycles. The van der Waals surface area contributed by atoms with Gasteiger partial charge in [-0.25, -0.2) is 24.2 Å². The third kappa shape index (κ3) is 10.6. The molecule has 0 saturated heterocycles. The third-order valence-electron chi connectivity index (χ3n) is 5.50. The summed E-state index contributed by atoms with van der Waals surface area (Å²) in [7, 11) is -4.80. The van der Waals surface area contributed by atoms with Gasteiger partial charge in [-0.3, -0.25) is 19.6 Å². The molecule has 0 radical (unpaired) electrons. The number of nitrogens with one attached hydrogen (secondary N) is 2. The molecule has 16 heteroatoms. The van der Waals surface area contributed by atoms with Crippen molar-refractivity contribution in [3.63, 3.8) is 0 Å². The number of anilines is 1. The number of amides is 2. The number of carbonyl (C=O) groups excluding carboxylic acids is 2. The lowest BCUT2D eigenvalue weighted by molar-refractivity contribution is -0.139. The van der Waals surface area contributed by atoms with Gasteiger partial charge in [0.2, 0.25) is 5.91 Å². The Bertz CT molecular complexity index is 1400. The molecular formula is C25H29ClFN4O9P. The first-order valence-electron chi connectivity index (χ1n) is 12.1. The highest BCUT2D eigenvalue weighted by Crippen LogP contribution is 2.35. The van der Waals surface area contributed by atoms with E-state index in [2.05, 4.69) is 20.3 Å². The van der Waals surface area contributed by atoms with Crippen LogP contribution in [0.5, 0.6) is 0 Å². The Labute approximate surface area is 239 Å². The number of aromatic nitrogens is 1. The van der Waals surface area contributed by atoms with E-state index in [4.69, 9.17) is 30.9 Å². The van der Waals surface area contributed by atoms with Crippen LogP contribution in [0, 0.1) is 5.82 Å². The van der Waals surface area contributed by atoms with Crippen molar-refractivity contribution in [3.8, 4) is 0 Å². The van der Waals surface area contributed by atoms with Crippen LogP contribution in [0.3, 0.4) is 0 Å². The van der Waals surface area contributed by atoms with Crippen LogP contribution >= 0.6 is 19.4 Å². The third-order valence-corrected chi connectivity index (χ3v) is 6.41. The smallest absolute Gasteiger partial charge is 0.447 e. The number of phosphoric acid groups is 1. The lowest BCUT2D eigenvalue weighted by Crippen LogP contribution is -2.52. The first-order chi connectivity index (χ1) is 19.4. The predicted molar refractivity (Wildman–Crippen MR) is 146 cm³/mol. The van der Waals surface area contributed by atoms with E-state index in [0.29, 0.717) is 5.56 Å². The second-order valence-corrected chi connectivity index (χ2v) is 10.3. The Hall–Kier alpha value is -3.20. The highest BCUT2D eigenvalue weighted by molar-refractivity contribution is 7.46. The van der Waals surface area contributed by atoms with Gasteiger partial charge in [0.25, 0.3) is 0 Å². The number of aliphatic hydroxyl groups excluding tert-OH is 1. The molecule has 3 rings (SSSR count). The molecule has 13 nitrogen and oxygen atoms in total. The number of hydrazine groups is 1. The Balaban J connectivity index is 1.66. The molecule has 2 atom stereocenters. The van der Waals surface area contributed by atoms with Gasteiger partial charge in [-0.1, -0.05) is 48.0 Å². The quantitative estimate of drug-likeness (QED) is 0.133. The molecule has 1 heterocycles. The van der Waals surface area contributed by atoms with Crippen LogP contribution in [-0.4, -0.2) is 75.5 Å². The Morgan fingerprint density at radius 1 is 1.10 bits per heavy atom. The molecule has 2 aromatic carbocycles. The van der Waals surface area contributed by atoms with Gasteiger partial charge in [-0.2, -0.15) is 0 Å². The van der Waals surface area contributed by atoms with Gasteiger partial charge < -0.3 is 24.4 Å². The number of carbonyl (C=O) groups is 2. The van der Waals surface area contributed by atoms with Crippen molar-refractivity contribution in [2.24, 2.45) is 0 Å². The van der Waals surface area contributed by atoms with Gasteiger partial charge in [-0.05, 0) is 23.1 Å². The molecule has 2 amide bonds. The fourth-order valence-electron chi connectivity index (χ4n) is 3.59. The number of rotatable bonds is 14. The number of benzene rings is 2. The van der Waals surface area contributed by atoms with E-state index in [1.165, 1.54) is 19.1 Å². The molecule has 3 aromatic rings. The lowest BCUT2D eigenvalue weighted by Gasteiger charge is -2.31. The van der Waals surface area contributed by atoms with Gasteiger partial charge in [-0.15, -0.1) is 0 Å². The molecule has 222 valence electrons. The number of halogens is 2. The van der Waals surface area contributed by atoms with Crippen LogP contribution in [0.2, 0.25) is 5.02 Å². The van der Waals surface area contributed by atoms with Crippen LogP contribution in [0.1, 0.15) is 12.5 Å². The topological polar surface area (TPSA) is 180 Å². The zero-order valence-corrected chi connectivity index (χ0v) is 23.4. The van der Waals surface area contributed by atoms with E-state index in [9.17, 15) is 23.7 Å². The Kier molecular flexibility index (Phi) is 11.9. The summed E-state index contributed by atoms with van der Waals surface area (Å²) in [6, 6.07) is 12.3. The second-order valence-electron chi connectivity index (χ2n) is 8.71. The van der Waals surface area contributed by atoms with E-state index in [1.807, 2.05) is 24.3 Å². The first kappa shape index (κ1) is 32.3. The van der Waals surface area contributed by atoms with Gasteiger partial charge in [0.05, 0.1) is 24.8 Å². The monoisotopic (exact) mass is 614 g/mol. The maximum Gasteiger partial charge on any atom is 0.469 e. The average Bonchev–Trinajstić information content (AvgIpc) is 2.91. The number of phosphoric ester groups is 1. The van der Waals surface area contributed by atoms with Crippen LogP contribution in [0.15, 0.2) is 54.7 Å². The number of aliphatic hydroxyl groups is 1. The van der Waals surface area contributed by atoms with E-state index >= 15 is 0 Å². The van der Waals surface area contributed by atoms with Crippen molar-refractivity contribution in [3.05, 3.63) is 71.1 Å². The number of nitrogens with zero attached hydrogens (tertiary/aromatic N) is 2. The molecule has 0 fully saturated rings. The van der Waals surface area contributed by atoms with E-state index < -0.39 is 57.6 Å². The fraction of sp³-hybridized carbons (Fsp3) is 0.320. The van der Waals surface area contributed by atoms with E-state index in [1.54, 1.807) is 18.3 Å². The maximum absolute atomic E-state index is 13.9. The van der Waals surface area contributed by atoms with Crippen LogP contribution in [0.4, 0.5) is 15.0 Å². The number of ether oxygens (including phenoxy) is 2. The molecule has 5 N–H and O–H groups in total. The number of pyridine rings is 1. The molecule has 1 unspecified atom stereocenters. The summed E-state index contributed by atoms with van der Waals surface area (Å²) in [5.41, 5.74) is 3.17. The SMILES string of the molecule is CC(=O)N(NCc1cccc(F)c1Cl)[C@@H](COCC(O)COP(=O)(O)O)COC(=O)Nc1cc2ccccc2cn1. The molecule has 0 saturated carbocycles. The van der Waals surface area contributed by atoms with Crippen molar-refractivity contribution >= 4 is 48.0 Å². The zero-order valence-electron chi connectivity index (χ0n) is 21.8. The van der Waals surface area contributed by atoms with Crippen molar-refractivity contribution in [2.45, 2.75) is 25.6 Å². The minimum atomic E-state index is -4.80. The normalized spacial score (nSPS) is 13.0. The first-order valence-corrected chi connectivity index (χ1v) is 14.0. The minimum Gasteiger partial charge on any atom is -0.447 e. The molecule has 0 aliphatic rings. The Morgan fingerprint density at radius 3 is 2.54 bits per heavy atom. The number of hydrogen-bond donors (Lipinski definition) is 5. The van der Waals surface area contributed by atoms with E-state index in [-0.39, 0.29) is 24.0 Å². The summed E-state index contributed by atoms with van der Waals surface area (Å²) in [5, 5.41) is 15.1. The highest BCUT2D eigenvalue weighted by Gasteiger charge is 2.25. The summed E-state index contributed by atoms with van der Waals surface area (Å²) in [6.45, 7) is -0.659. The second kappa shape index (κ2) is 15.1. The predicted octanol–water partition coefficient (Wildman–Crippen LogP) is 2.98. The molecule has 0 bridgehead atoms. The molecule has 0 aliphatic heterocycles. The molecule has 1 aromatic heterocycles. The maximum atomic E-state index is 13.9. The summed E-state index contributed by atoms with van der Waals surface area (Å²) >= 11 is 6.01. The largest absolute Gasteiger partial charge is 0.469 e. The van der Waals surface area contributed by atoms with Crippen molar-refractivity contribution < 1.29 is 47.4 Å². The van der Waals surface area contributed by atoms with Gasteiger partial charge in [0.1, 0.15) is 30.4 Å². The lowest BCUT2D eigenvalue weighted by atomic mass is 10.2. The number of hydrogen-bond acceptors (Lipinski definition) is 9. The van der Waals surface area contributed by atoms with Gasteiger partial charge in [0, 0.05) is 25.1 Å². The van der Waals surface area contributed by atoms with Crippen molar-refractivity contribution in [1.82, 2.24) is 15.4 Å². The molecular weight excluding hydrogens is 586 g/mol. The summed E-state index contributed by atoms with van der Waals surface area (Å²) in [6.07, 6.45) is -0.692. The van der Waals surface area contributed by atoms with Crippen LogP contribution in [-0.2, 0) is 29.9 Å². The standard InChI is InChI=1S/C25H29ClFN4O9P/c1-16(32)31(29-11-19-7-4-8-22(27)24(19)26)20(12-38-14-21(33)15-40-41(35,36)37)13-39-25(34)30-23-9-17-5-2-3-6-18(17)10-28-23/h2-10,20-21,29,33H,11-15H2,1H3,(H,28,30,34)(H2,35,36,37)/t20-,21?/m0/s1.